The summed E-state index contributed by atoms with van der Waals surface area (Å²) >= 11 is 0. The number of benzene rings is 2. The third-order valence-electron chi connectivity index (χ3n) is 4.62. The molecule has 0 spiro atoms. The van der Waals surface area contributed by atoms with Crippen molar-refractivity contribution in [2.45, 2.75) is 52.4 Å². The highest BCUT2D eigenvalue weighted by Crippen LogP contribution is 2.39. The van der Waals surface area contributed by atoms with Gasteiger partial charge in [0.2, 0.25) is 0 Å². The lowest BCUT2D eigenvalue weighted by molar-refractivity contribution is 0.168. The van der Waals surface area contributed by atoms with E-state index < -0.39 is 0 Å². The first-order valence-corrected chi connectivity index (χ1v) is 8.72. The van der Waals surface area contributed by atoms with Crippen LogP contribution in [0.15, 0.2) is 42.5 Å². The molecular formula is C21H27NO2. The molecule has 1 aliphatic rings. The van der Waals surface area contributed by atoms with Crippen molar-refractivity contribution in [1.29, 1.82) is 0 Å². The van der Waals surface area contributed by atoms with Crippen molar-refractivity contribution in [2.75, 3.05) is 7.11 Å². The van der Waals surface area contributed by atoms with Crippen molar-refractivity contribution in [3.05, 3.63) is 59.2 Å². The Hall–Kier alpha value is -2.00. The number of fused-ring (bicyclic) bond motifs is 1. The zero-order valence-electron chi connectivity index (χ0n) is 15.1. The monoisotopic (exact) mass is 325 g/mol. The Balaban J connectivity index is 1.87. The lowest BCUT2D eigenvalue weighted by atomic mass is 9.93. The normalized spacial score (nSPS) is 17.6. The van der Waals surface area contributed by atoms with Crippen LogP contribution in [0.25, 0.3) is 0 Å². The van der Waals surface area contributed by atoms with E-state index in [0.717, 1.165) is 31.0 Å². The number of methoxy groups -OCH3 is 1. The molecule has 1 atom stereocenters. The van der Waals surface area contributed by atoms with Gasteiger partial charge in [-0.25, -0.2) is 0 Å². The number of ether oxygens (including phenoxy) is 2. The second-order valence-electron chi connectivity index (χ2n) is 6.84. The Morgan fingerprint density at radius 2 is 1.88 bits per heavy atom. The second-order valence-corrected chi connectivity index (χ2v) is 6.84. The van der Waals surface area contributed by atoms with Crippen LogP contribution < -0.4 is 9.47 Å². The van der Waals surface area contributed by atoms with Crippen molar-refractivity contribution in [3.63, 3.8) is 0 Å². The number of hydrogen-bond acceptors (Lipinski definition) is 3. The van der Waals surface area contributed by atoms with Gasteiger partial charge in [-0.3, -0.25) is 4.90 Å². The van der Waals surface area contributed by atoms with E-state index in [4.69, 9.17) is 9.47 Å². The highest BCUT2D eigenvalue weighted by atomic mass is 16.5. The number of nitrogens with zero attached hydrogens (tertiary/aromatic N) is 1. The van der Waals surface area contributed by atoms with Crippen molar-refractivity contribution >= 4 is 0 Å². The van der Waals surface area contributed by atoms with Crippen LogP contribution >= 0.6 is 0 Å². The molecule has 0 aliphatic carbocycles. The fraction of sp³-hybridized carbons (Fsp3) is 0.429. The summed E-state index contributed by atoms with van der Waals surface area (Å²) in [5.41, 5.74) is 4.01. The minimum atomic E-state index is 0.142. The number of hydrogen-bond donors (Lipinski definition) is 0. The van der Waals surface area contributed by atoms with Crippen LogP contribution in [0, 0.1) is 0 Å². The molecule has 0 amide bonds. The first-order chi connectivity index (χ1) is 11.6. The zero-order chi connectivity index (χ0) is 17.1. The van der Waals surface area contributed by atoms with E-state index in [1.165, 1.54) is 16.7 Å². The Labute approximate surface area is 145 Å². The molecule has 1 aliphatic heterocycles. The predicted molar refractivity (Wildman–Crippen MR) is 97.6 cm³/mol. The van der Waals surface area contributed by atoms with E-state index in [1.54, 1.807) is 7.11 Å². The molecule has 0 saturated carbocycles. The molecule has 2 aromatic carbocycles. The first-order valence-electron chi connectivity index (χ1n) is 8.72. The van der Waals surface area contributed by atoms with Crippen LogP contribution in [-0.4, -0.2) is 24.2 Å². The molecule has 1 unspecified atom stereocenters. The lowest BCUT2D eigenvalue weighted by Crippen LogP contribution is -2.38. The maximum Gasteiger partial charge on any atom is 0.165 e. The van der Waals surface area contributed by atoms with E-state index in [0.29, 0.717) is 6.04 Å². The van der Waals surface area contributed by atoms with E-state index in [1.807, 2.05) is 6.07 Å². The quantitative estimate of drug-likeness (QED) is 0.812. The summed E-state index contributed by atoms with van der Waals surface area (Å²) < 4.78 is 11.6. The zero-order valence-corrected chi connectivity index (χ0v) is 15.1. The van der Waals surface area contributed by atoms with E-state index >= 15 is 0 Å². The van der Waals surface area contributed by atoms with Gasteiger partial charge in [-0.1, -0.05) is 36.4 Å². The molecule has 0 bridgehead atoms. The summed E-state index contributed by atoms with van der Waals surface area (Å²) in [7, 11) is 1.71. The SMILES string of the molecule is COc1ccc2c(c1OC(C)C)CC(C)N(Cc1ccccc1)C2. The summed E-state index contributed by atoms with van der Waals surface area (Å²) in [6.45, 7) is 8.35. The van der Waals surface area contributed by atoms with Crippen LogP contribution in [0.2, 0.25) is 0 Å². The Morgan fingerprint density at radius 1 is 1.12 bits per heavy atom. The molecule has 0 N–H and O–H groups in total. The second kappa shape index (κ2) is 7.27. The van der Waals surface area contributed by atoms with Crippen molar-refractivity contribution in [3.8, 4) is 11.5 Å². The largest absolute Gasteiger partial charge is 0.493 e. The number of rotatable bonds is 5. The molecule has 128 valence electrons. The van der Waals surface area contributed by atoms with Gasteiger partial charge in [0.1, 0.15) is 0 Å². The van der Waals surface area contributed by atoms with Gasteiger partial charge >= 0.3 is 0 Å². The van der Waals surface area contributed by atoms with Crippen molar-refractivity contribution < 1.29 is 9.47 Å². The highest BCUT2D eigenvalue weighted by molar-refractivity contribution is 5.52. The minimum absolute atomic E-state index is 0.142. The molecule has 0 saturated heterocycles. The molecule has 0 radical (unpaired) electrons. The van der Waals surface area contributed by atoms with Crippen LogP contribution in [0.4, 0.5) is 0 Å². The molecule has 2 aromatic rings. The third-order valence-corrected chi connectivity index (χ3v) is 4.62. The molecule has 24 heavy (non-hydrogen) atoms. The molecule has 0 fully saturated rings. The van der Waals surface area contributed by atoms with E-state index in [-0.39, 0.29) is 6.10 Å². The van der Waals surface area contributed by atoms with Crippen LogP contribution in [0.3, 0.4) is 0 Å². The van der Waals surface area contributed by atoms with Gasteiger partial charge in [0.05, 0.1) is 13.2 Å². The fourth-order valence-electron chi connectivity index (χ4n) is 3.37. The standard InChI is InChI=1S/C21H27NO2/c1-15(2)24-21-19-12-16(3)22(13-17-8-6-5-7-9-17)14-18(19)10-11-20(21)23-4/h5-11,15-16H,12-14H2,1-4H3. The van der Waals surface area contributed by atoms with Gasteiger partial charge in [-0.15, -0.1) is 0 Å². The topological polar surface area (TPSA) is 21.7 Å². The summed E-state index contributed by atoms with van der Waals surface area (Å²) in [5, 5.41) is 0. The Bertz CT molecular complexity index is 682. The minimum Gasteiger partial charge on any atom is -0.493 e. The average Bonchev–Trinajstić information content (AvgIpc) is 2.57. The summed E-state index contributed by atoms with van der Waals surface area (Å²) in [4.78, 5) is 2.53. The van der Waals surface area contributed by atoms with Crippen molar-refractivity contribution in [1.82, 2.24) is 4.90 Å². The van der Waals surface area contributed by atoms with Gasteiger partial charge in [0.25, 0.3) is 0 Å². The Morgan fingerprint density at radius 3 is 2.54 bits per heavy atom. The van der Waals surface area contributed by atoms with Crippen LogP contribution in [0.5, 0.6) is 11.5 Å². The van der Waals surface area contributed by atoms with Gasteiger partial charge in [0, 0.05) is 24.7 Å². The highest BCUT2D eigenvalue weighted by Gasteiger charge is 2.27. The fourth-order valence-corrected chi connectivity index (χ4v) is 3.37. The first kappa shape index (κ1) is 16.8. The summed E-state index contributed by atoms with van der Waals surface area (Å²) in [6.07, 6.45) is 1.13. The lowest BCUT2D eigenvalue weighted by Gasteiger charge is -2.36. The van der Waals surface area contributed by atoms with Crippen LogP contribution in [-0.2, 0) is 19.5 Å². The Kier molecular flexibility index (Phi) is 5.10. The smallest absolute Gasteiger partial charge is 0.165 e. The predicted octanol–water partition coefficient (Wildman–Crippen LogP) is 4.43. The average molecular weight is 325 g/mol. The van der Waals surface area contributed by atoms with E-state index in [9.17, 15) is 0 Å². The molecule has 0 aromatic heterocycles. The van der Waals surface area contributed by atoms with Gasteiger partial charge in [-0.05, 0) is 44.4 Å². The third kappa shape index (κ3) is 3.57. The van der Waals surface area contributed by atoms with Crippen LogP contribution in [0.1, 0.15) is 37.5 Å². The molecule has 3 nitrogen and oxygen atoms in total. The summed E-state index contributed by atoms with van der Waals surface area (Å²) in [6, 6.07) is 15.4. The van der Waals surface area contributed by atoms with Gasteiger partial charge in [-0.2, -0.15) is 0 Å². The molecular weight excluding hydrogens is 298 g/mol. The maximum atomic E-state index is 6.09. The molecule has 3 rings (SSSR count). The van der Waals surface area contributed by atoms with E-state index in [2.05, 4.69) is 62.1 Å². The van der Waals surface area contributed by atoms with Gasteiger partial charge in [0.15, 0.2) is 11.5 Å². The summed E-state index contributed by atoms with van der Waals surface area (Å²) in [5.74, 6) is 1.77. The maximum absolute atomic E-state index is 6.09. The molecule has 3 heteroatoms. The molecule has 1 heterocycles. The van der Waals surface area contributed by atoms with Gasteiger partial charge < -0.3 is 9.47 Å². The van der Waals surface area contributed by atoms with Crippen molar-refractivity contribution in [2.24, 2.45) is 0 Å².